The Hall–Kier alpha value is -1.62. The van der Waals surface area contributed by atoms with Crippen molar-refractivity contribution in [3.05, 3.63) is 51.9 Å². The molecule has 3 aromatic rings. The second-order valence-corrected chi connectivity index (χ2v) is 4.97. The molecule has 4 nitrogen and oxygen atoms in total. The van der Waals surface area contributed by atoms with Crippen molar-refractivity contribution in [1.82, 2.24) is 15.2 Å². The van der Waals surface area contributed by atoms with Gasteiger partial charge in [0.05, 0.1) is 0 Å². The van der Waals surface area contributed by atoms with Crippen LogP contribution >= 0.6 is 34.8 Å². The van der Waals surface area contributed by atoms with Gasteiger partial charge < -0.3 is 4.74 Å². The molecule has 3 rings (SSSR count). The Morgan fingerprint density at radius 1 is 0.850 bits per heavy atom. The topological polar surface area (TPSA) is 47.9 Å². The molecule has 0 saturated carbocycles. The van der Waals surface area contributed by atoms with E-state index < -0.39 is 0 Å². The quantitative estimate of drug-likeness (QED) is 0.680. The predicted molar refractivity (Wildman–Crippen MR) is 78.9 cm³/mol. The summed E-state index contributed by atoms with van der Waals surface area (Å²) in [4.78, 5) is 3.90. The summed E-state index contributed by atoms with van der Waals surface area (Å²) < 4.78 is 5.67. The zero-order chi connectivity index (χ0) is 14.1. The molecule has 0 spiro atoms. The van der Waals surface area contributed by atoms with Crippen molar-refractivity contribution in [3.63, 3.8) is 0 Å². The monoisotopic (exact) mass is 325 g/mol. The molecule has 0 fully saturated rings. The maximum Gasteiger partial charge on any atom is 0.262 e. The van der Waals surface area contributed by atoms with Crippen molar-refractivity contribution in [1.29, 1.82) is 0 Å². The van der Waals surface area contributed by atoms with Gasteiger partial charge in [-0.1, -0.05) is 47.5 Å². The first kappa shape index (κ1) is 13.4. The van der Waals surface area contributed by atoms with Crippen molar-refractivity contribution < 1.29 is 4.74 Å². The van der Waals surface area contributed by atoms with Crippen LogP contribution in [0.2, 0.25) is 15.5 Å². The zero-order valence-corrected chi connectivity index (χ0v) is 12.1. The Labute approximate surface area is 129 Å². The van der Waals surface area contributed by atoms with Crippen LogP contribution in [-0.4, -0.2) is 15.2 Å². The number of aromatic nitrogens is 3. The molecular weight excluding hydrogens is 321 g/mol. The van der Waals surface area contributed by atoms with Crippen LogP contribution in [0, 0.1) is 0 Å². The number of ether oxygens (including phenoxy) is 1. The summed E-state index contributed by atoms with van der Waals surface area (Å²) >= 11 is 17.7. The SMILES string of the molecule is Clc1nnc(Cl)c(Oc2ccc(Cl)c3ccccc23)n1. The van der Waals surface area contributed by atoms with E-state index in [9.17, 15) is 0 Å². The lowest BCUT2D eigenvalue weighted by atomic mass is 10.1. The summed E-state index contributed by atoms with van der Waals surface area (Å²) in [5.41, 5.74) is 0. The summed E-state index contributed by atoms with van der Waals surface area (Å²) in [5, 5.41) is 9.51. The van der Waals surface area contributed by atoms with E-state index in [4.69, 9.17) is 39.5 Å². The average Bonchev–Trinajstić information content (AvgIpc) is 2.46. The van der Waals surface area contributed by atoms with Gasteiger partial charge in [0, 0.05) is 15.8 Å². The average molecular weight is 327 g/mol. The minimum Gasteiger partial charge on any atom is -0.436 e. The van der Waals surface area contributed by atoms with Crippen LogP contribution < -0.4 is 4.74 Å². The molecule has 7 heteroatoms. The van der Waals surface area contributed by atoms with E-state index in [1.807, 2.05) is 24.3 Å². The van der Waals surface area contributed by atoms with E-state index >= 15 is 0 Å². The predicted octanol–water partition coefficient (Wildman–Crippen LogP) is 4.78. The van der Waals surface area contributed by atoms with E-state index in [0.29, 0.717) is 10.8 Å². The lowest BCUT2D eigenvalue weighted by Gasteiger charge is -2.09. The molecule has 0 radical (unpaired) electrons. The third kappa shape index (κ3) is 2.50. The van der Waals surface area contributed by atoms with Gasteiger partial charge in [-0.2, -0.15) is 4.98 Å². The summed E-state index contributed by atoms with van der Waals surface area (Å²) in [6.45, 7) is 0. The van der Waals surface area contributed by atoms with Gasteiger partial charge in [0.1, 0.15) is 5.75 Å². The van der Waals surface area contributed by atoms with Crippen LogP contribution in [0.5, 0.6) is 11.6 Å². The van der Waals surface area contributed by atoms with Gasteiger partial charge in [-0.05, 0) is 23.7 Å². The van der Waals surface area contributed by atoms with E-state index in [0.717, 1.165) is 10.8 Å². The van der Waals surface area contributed by atoms with Crippen LogP contribution in [-0.2, 0) is 0 Å². The third-order valence-electron chi connectivity index (χ3n) is 2.63. The lowest BCUT2D eigenvalue weighted by molar-refractivity contribution is 0.462. The molecule has 100 valence electrons. The fourth-order valence-electron chi connectivity index (χ4n) is 1.77. The molecule has 0 saturated heterocycles. The molecule has 0 unspecified atom stereocenters. The second kappa shape index (κ2) is 5.40. The Morgan fingerprint density at radius 3 is 2.40 bits per heavy atom. The van der Waals surface area contributed by atoms with Crippen molar-refractivity contribution in [2.45, 2.75) is 0 Å². The van der Waals surface area contributed by atoms with Crippen molar-refractivity contribution in [2.75, 3.05) is 0 Å². The standard InChI is InChI=1S/C13H6Cl3N3O/c14-9-5-6-10(8-4-2-1-3-7(8)9)20-12-11(15)18-19-13(16)17-12/h1-6H. The highest BCUT2D eigenvalue weighted by Gasteiger charge is 2.12. The van der Waals surface area contributed by atoms with Gasteiger partial charge in [0.2, 0.25) is 10.4 Å². The van der Waals surface area contributed by atoms with Crippen molar-refractivity contribution in [3.8, 4) is 11.6 Å². The molecule has 0 atom stereocenters. The molecule has 0 amide bonds. The number of hydrogen-bond acceptors (Lipinski definition) is 4. The van der Waals surface area contributed by atoms with Gasteiger partial charge in [0.25, 0.3) is 5.88 Å². The third-order valence-corrected chi connectivity index (χ3v) is 3.36. The molecule has 20 heavy (non-hydrogen) atoms. The molecule has 0 N–H and O–H groups in total. The van der Waals surface area contributed by atoms with E-state index in [1.54, 1.807) is 12.1 Å². The lowest BCUT2D eigenvalue weighted by Crippen LogP contribution is -1.95. The fourth-order valence-corrected chi connectivity index (χ4v) is 2.23. The molecule has 1 heterocycles. The fraction of sp³-hybridized carbons (Fsp3) is 0. The number of rotatable bonds is 2. The largest absolute Gasteiger partial charge is 0.436 e. The minimum atomic E-state index is -0.0392. The number of hydrogen-bond donors (Lipinski definition) is 0. The van der Waals surface area contributed by atoms with Gasteiger partial charge in [0.15, 0.2) is 0 Å². The van der Waals surface area contributed by atoms with E-state index in [2.05, 4.69) is 15.2 Å². The number of halogens is 3. The molecule has 0 bridgehead atoms. The normalized spacial score (nSPS) is 10.8. The zero-order valence-electron chi connectivity index (χ0n) is 9.85. The highest BCUT2D eigenvalue weighted by atomic mass is 35.5. The second-order valence-electron chi connectivity index (χ2n) is 3.87. The highest BCUT2D eigenvalue weighted by molar-refractivity contribution is 6.35. The van der Waals surface area contributed by atoms with Crippen LogP contribution in [0.25, 0.3) is 10.8 Å². The molecule has 2 aromatic carbocycles. The van der Waals surface area contributed by atoms with E-state index in [-0.39, 0.29) is 16.3 Å². The smallest absolute Gasteiger partial charge is 0.262 e. The summed E-state index contributed by atoms with van der Waals surface area (Å²) in [5.74, 6) is 0.655. The summed E-state index contributed by atoms with van der Waals surface area (Å²) in [6.07, 6.45) is 0. The van der Waals surface area contributed by atoms with Gasteiger partial charge in [-0.15, -0.1) is 10.2 Å². The van der Waals surface area contributed by atoms with Crippen LogP contribution in [0.4, 0.5) is 0 Å². The minimum absolute atomic E-state index is 0.0356. The van der Waals surface area contributed by atoms with Crippen LogP contribution in [0.3, 0.4) is 0 Å². The van der Waals surface area contributed by atoms with Gasteiger partial charge in [-0.3, -0.25) is 0 Å². The van der Waals surface area contributed by atoms with E-state index in [1.165, 1.54) is 0 Å². The number of benzene rings is 2. The molecular formula is C13H6Cl3N3O. The molecule has 0 aliphatic carbocycles. The van der Waals surface area contributed by atoms with Crippen LogP contribution in [0.1, 0.15) is 0 Å². The first-order chi connectivity index (χ1) is 9.65. The maximum absolute atomic E-state index is 6.15. The molecule has 1 aromatic heterocycles. The van der Waals surface area contributed by atoms with Crippen molar-refractivity contribution >= 4 is 45.6 Å². The summed E-state index contributed by atoms with van der Waals surface area (Å²) in [6, 6.07) is 11.0. The van der Waals surface area contributed by atoms with Gasteiger partial charge in [-0.25, -0.2) is 0 Å². The first-order valence-electron chi connectivity index (χ1n) is 5.56. The Morgan fingerprint density at radius 2 is 1.60 bits per heavy atom. The summed E-state index contributed by atoms with van der Waals surface area (Å²) in [7, 11) is 0. The molecule has 0 aliphatic heterocycles. The Balaban J connectivity index is 2.11. The molecule has 0 aliphatic rings. The Kier molecular flexibility index (Phi) is 3.61. The Bertz CT molecular complexity index is 795. The van der Waals surface area contributed by atoms with Gasteiger partial charge >= 0.3 is 0 Å². The maximum atomic E-state index is 6.15. The highest BCUT2D eigenvalue weighted by Crippen LogP contribution is 2.35. The number of nitrogens with zero attached hydrogens (tertiary/aromatic N) is 3. The first-order valence-corrected chi connectivity index (χ1v) is 6.69. The van der Waals surface area contributed by atoms with Crippen molar-refractivity contribution in [2.24, 2.45) is 0 Å². The number of fused-ring (bicyclic) bond motifs is 1. The van der Waals surface area contributed by atoms with Crippen LogP contribution in [0.15, 0.2) is 36.4 Å².